The standard InChI is InChI=1S/C16H22F3NO4S/c1-3-8-20(9-4-2)13-10-12-6-5-7-14(15(12)23-11-13)24-25(21,22)16(17,18)19/h5-7,13H,3-4,8-11H2,1-2H3/t13-/m1/s1. The summed E-state index contributed by atoms with van der Waals surface area (Å²) >= 11 is 0. The number of fused-ring (bicyclic) bond motifs is 1. The lowest BCUT2D eigenvalue weighted by Crippen LogP contribution is -2.44. The van der Waals surface area contributed by atoms with Crippen LogP contribution in [-0.2, 0) is 16.5 Å². The molecule has 0 unspecified atom stereocenters. The number of para-hydroxylation sites is 1. The quantitative estimate of drug-likeness (QED) is 0.536. The number of nitrogens with zero attached hydrogens (tertiary/aromatic N) is 1. The number of hydrogen-bond donors (Lipinski definition) is 0. The summed E-state index contributed by atoms with van der Waals surface area (Å²) in [5.41, 5.74) is -4.84. The molecular formula is C16H22F3NO4S. The maximum absolute atomic E-state index is 12.5. The molecule has 25 heavy (non-hydrogen) atoms. The van der Waals surface area contributed by atoms with Gasteiger partial charge >= 0.3 is 15.6 Å². The van der Waals surface area contributed by atoms with Gasteiger partial charge in [0.05, 0.1) is 0 Å². The molecule has 5 nitrogen and oxygen atoms in total. The van der Waals surface area contributed by atoms with E-state index in [2.05, 4.69) is 22.9 Å². The minimum Gasteiger partial charge on any atom is -0.488 e. The van der Waals surface area contributed by atoms with Crippen molar-refractivity contribution in [2.24, 2.45) is 0 Å². The first-order chi connectivity index (χ1) is 11.7. The Kier molecular flexibility index (Phi) is 6.21. The second-order valence-electron chi connectivity index (χ2n) is 5.93. The third-order valence-corrected chi connectivity index (χ3v) is 4.92. The molecule has 0 spiro atoms. The zero-order chi connectivity index (χ0) is 18.7. The highest BCUT2D eigenvalue weighted by atomic mass is 32.2. The highest BCUT2D eigenvalue weighted by Gasteiger charge is 2.49. The monoisotopic (exact) mass is 381 g/mol. The number of benzene rings is 1. The summed E-state index contributed by atoms with van der Waals surface area (Å²) in [4.78, 5) is 2.28. The molecule has 0 aliphatic carbocycles. The molecule has 0 bridgehead atoms. The van der Waals surface area contributed by atoms with Gasteiger partial charge in [-0.1, -0.05) is 26.0 Å². The van der Waals surface area contributed by atoms with Gasteiger partial charge in [0.1, 0.15) is 6.61 Å². The van der Waals surface area contributed by atoms with Gasteiger partial charge in [0.15, 0.2) is 11.5 Å². The summed E-state index contributed by atoms with van der Waals surface area (Å²) in [7, 11) is -5.72. The van der Waals surface area contributed by atoms with E-state index in [4.69, 9.17) is 4.74 Å². The number of halogens is 3. The van der Waals surface area contributed by atoms with Gasteiger partial charge in [-0.15, -0.1) is 0 Å². The molecule has 0 saturated heterocycles. The second-order valence-corrected chi connectivity index (χ2v) is 7.47. The summed E-state index contributed by atoms with van der Waals surface area (Å²) < 4.78 is 69.9. The Morgan fingerprint density at radius 3 is 2.44 bits per heavy atom. The normalized spacial score (nSPS) is 17.9. The lowest BCUT2D eigenvalue weighted by Gasteiger charge is -2.35. The Hall–Kier alpha value is -1.48. The molecule has 0 fully saturated rings. The van der Waals surface area contributed by atoms with Crippen LogP contribution in [0.1, 0.15) is 32.3 Å². The zero-order valence-electron chi connectivity index (χ0n) is 14.2. The van der Waals surface area contributed by atoms with Crippen LogP contribution in [0.4, 0.5) is 13.2 Å². The highest BCUT2D eigenvalue weighted by molar-refractivity contribution is 7.88. The number of ether oxygens (including phenoxy) is 1. The van der Waals surface area contributed by atoms with Gasteiger partial charge in [-0.3, -0.25) is 4.90 Å². The number of alkyl halides is 3. The van der Waals surface area contributed by atoms with Crippen LogP contribution in [-0.4, -0.2) is 44.6 Å². The van der Waals surface area contributed by atoms with Crippen molar-refractivity contribution in [3.63, 3.8) is 0 Å². The lowest BCUT2D eigenvalue weighted by atomic mass is 10.0. The van der Waals surface area contributed by atoms with Crippen LogP contribution in [0.25, 0.3) is 0 Å². The summed E-state index contributed by atoms with van der Waals surface area (Å²) in [5.74, 6) is -0.356. The molecule has 1 aliphatic rings. The highest BCUT2D eigenvalue weighted by Crippen LogP contribution is 2.38. The minimum absolute atomic E-state index is 0.0690. The molecule has 1 heterocycles. The molecule has 9 heteroatoms. The molecule has 1 aliphatic heterocycles. The van der Waals surface area contributed by atoms with E-state index in [1.807, 2.05) is 0 Å². The van der Waals surface area contributed by atoms with Crippen LogP contribution in [0.3, 0.4) is 0 Å². The average Bonchev–Trinajstić information content (AvgIpc) is 2.53. The number of hydrogen-bond acceptors (Lipinski definition) is 5. The van der Waals surface area contributed by atoms with E-state index in [0.29, 0.717) is 12.0 Å². The predicted octanol–water partition coefficient (Wildman–Crippen LogP) is 3.34. The Morgan fingerprint density at radius 1 is 1.24 bits per heavy atom. The number of rotatable bonds is 7. The van der Waals surface area contributed by atoms with Crippen molar-refractivity contribution >= 4 is 10.1 Å². The predicted molar refractivity (Wildman–Crippen MR) is 87.2 cm³/mol. The van der Waals surface area contributed by atoms with Crippen LogP contribution < -0.4 is 8.92 Å². The smallest absolute Gasteiger partial charge is 0.488 e. The van der Waals surface area contributed by atoms with Crippen LogP contribution in [0.15, 0.2) is 18.2 Å². The van der Waals surface area contributed by atoms with E-state index in [9.17, 15) is 21.6 Å². The molecule has 1 atom stereocenters. The summed E-state index contributed by atoms with van der Waals surface area (Å²) in [5, 5.41) is 0. The fraction of sp³-hybridized carbons (Fsp3) is 0.625. The molecule has 0 saturated carbocycles. The van der Waals surface area contributed by atoms with Crippen LogP contribution >= 0.6 is 0 Å². The largest absolute Gasteiger partial charge is 0.534 e. The van der Waals surface area contributed by atoms with E-state index < -0.39 is 21.4 Å². The Balaban J connectivity index is 2.23. The maximum atomic E-state index is 12.5. The SMILES string of the molecule is CCCN(CCC)[C@H]1COc2c(cccc2OS(=O)(=O)C(F)(F)F)C1. The van der Waals surface area contributed by atoms with Crippen LogP contribution in [0, 0.1) is 0 Å². The second kappa shape index (κ2) is 7.82. The van der Waals surface area contributed by atoms with Gasteiger partial charge in [-0.05, 0) is 44.0 Å². The first-order valence-corrected chi connectivity index (χ1v) is 9.60. The molecule has 0 amide bonds. The van der Waals surface area contributed by atoms with Gasteiger partial charge in [-0.25, -0.2) is 0 Å². The van der Waals surface area contributed by atoms with Gasteiger partial charge in [-0.2, -0.15) is 21.6 Å². The first kappa shape index (κ1) is 19.8. The Bertz CT molecular complexity index is 685. The van der Waals surface area contributed by atoms with Crippen molar-refractivity contribution in [3.8, 4) is 11.5 Å². The fourth-order valence-electron chi connectivity index (χ4n) is 2.90. The van der Waals surface area contributed by atoms with Crippen molar-refractivity contribution in [1.82, 2.24) is 4.90 Å². The van der Waals surface area contributed by atoms with Crippen molar-refractivity contribution in [2.75, 3.05) is 19.7 Å². The molecule has 0 radical (unpaired) electrons. The summed E-state index contributed by atoms with van der Waals surface area (Å²) in [6.07, 6.45) is 2.53. The van der Waals surface area contributed by atoms with E-state index in [1.54, 1.807) is 6.07 Å². The van der Waals surface area contributed by atoms with Gasteiger partial charge in [0.25, 0.3) is 0 Å². The van der Waals surface area contributed by atoms with Gasteiger partial charge in [0, 0.05) is 6.04 Å². The van der Waals surface area contributed by atoms with Crippen molar-refractivity contribution in [3.05, 3.63) is 23.8 Å². The van der Waals surface area contributed by atoms with Crippen molar-refractivity contribution in [2.45, 2.75) is 44.7 Å². The van der Waals surface area contributed by atoms with E-state index in [1.165, 1.54) is 6.07 Å². The van der Waals surface area contributed by atoms with E-state index in [0.717, 1.165) is 32.0 Å². The fourth-order valence-corrected chi connectivity index (χ4v) is 3.36. The van der Waals surface area contributed by atoms with Crippen LogP contribution in [0.2, 0.25) is 0 Å². The molecule has 1 aromatic carbocycles. The maximum Gasteiger partial charge on any atom is 0.534 e. The molecular weight excluding hydrogens is 359 g/mol. The Labute approximate surface area is 145 Å². The molecule has 0 aromatic heterocycles. The topological polar surface area (TPSA) is 55.8 Å². The molecule has 1 aromatic rings. The molecule has 2 rings (SSSR count). The Morgan fingerprint density at radius 2 is 1.88 bits per heavy atom. The van der Waals surface area contributed by atoms with Gasteiger partial charge in [0.2, 0.25) is 0 Å². The van der Waals surface area contributed by atoms with Crippen molar-refractivity contribution < 1.29 is 30.5 Å². The van der Waals surface area contributed by atoms with E-state index in [-0.39, 0.29) is 18.4 Å². The van der Waals surface area contributed by atoms with E-state index >= 15 is 0 Å². The molecule has 142 valence electrons. The average molecular weight is 381 g/mol. The van der Waals surface area contributed by atoms with Crippen molar-refractivity contribution in [1.29, 1.82) is 0 Å². The van der Waals surface area contributed by atoms with Gasteiger partial charge < -0.3 is 8.92 Å². The first-order valence-electron chi connectivity index (χ1n) is 8.19. The van der Waals surface area contributed by atoms with Crippen LogP contribution in [0.5, 0.6) is 11.5 Å². The third-order valence-electron chi connectivity index (χ3n) is 3.96. The molecule has 0 N–H and O–H groups in total. The zero-order valence-corrected chi connectivity index (χ0v) is 15.0. The minimum atomic E-state index is -5.72. The summed E-state index contributed by atoms with van der Waals surface area (Å²) in [6.45, 7) is 6.23. The lowest BCUT2D eigenvalue weighted by molar-refractivity contribution is -0.0500. The summed E-state index contributed by atoms with van der Waals surface area (Å²) in [6, 6.07) is 4.44. The third kappa shape index (κ3) is 4.58.